The molecule has 0 aromatic heterocycles. The zero-order chi connectivity index (χ0) is 13.9. The topological polar surface area (TPSA) is 49.6 Å². The fraction of sp³-hybridized carbons (Fsp3) is 0.562. The quantitative estimate of drug-likeness (QED) is 0.887. The number of amides is 1. The van der Waals surface area contributed by atoms with Crippen molar-refractivity contribution >= 4 is 5.91 Å². The van der Waals surface area contributed by atoms with E-state index in [1.165, 1.54) is 25.8 Å². The molecule has 2 saturated heterocycles. The molecule has 2 aliphatic rings. The van der Waals surface area contributed by atoms with Crippen LogP contribution in [0, 0.1) is 0 Å². The van der Waals surface area contributed by atoms with Crippen LogP contribution in [0.2, 0.25) is 0 Å². The zero-order valence-electron chi connectivity index (χ0n) is 11.9. The van der Waals surface area contributed by atoms with Crippen LogP contribution in [0.25, 0.3) is 0 Å². The van der Waals surface area contributed by atoms with Crippen molar-refractivity contribution in [3.63, 3.8) is 0 Å². The molecule has 4 nitrogen and oxygen atoms in total. The Bertz CT molecular complexity index is 488. The van der Waals surface area contributed by atoms with Crippen LogP contribution in [0.1, 0.15) is 35.2 Å². The standard InChI is InChI=1S/C16H23N3O/c17-11-13-4-3-5-14(10-13)16(20)19-9-8-18-7-2-1-6-15(18)12-19/h3-5,10,15H,1-2,6-9,11-12,17H2. The van der Waals surface area contributed by atoms with Crippen molar-refractivity contribution in [3.8, 4) is 0 Å². The van der Waals surface area contributed by atoms with E-state index in [9.17, 15) is 4.79 Å². The molecule has 20 heavy (non-hydrogen) atoms. The van der Waals surface area contributed by atoms with E-state index >= 15 is 0 Å². The normalized spacial score (nSPS) is 23.4. The summed E-state index contributed by atoms with van der Waals surface area (Å²) in [5.41, 5.74) is 7.45. The molecular formula is C16H23N3O. The Hall–Kier alpha value is -1.39. The predicted octanol–water partition coefficient (Wildman–Crippen LogP) is 1.46. The second-order valence-electron chi connectivity index (χ2n) is 5.84. The summed E-state index contributed by atoms with van der Waals surface area (Å²) in [5, 5.41) is 0. The van der Waals surface area contributed by atoms with Gasteiger partial charge in [-0.05, 0) is 37.1 Å². The second-order valence-corrected chi connectivity index (χ2v) is 5.84. The predicted molar refractivity (Wildman–Crippen MR) is 79.4 cm³/mol. The van der Waals surface area contributed by atoms with Crippen LogP contribution in [-0.4, -0.2) is 47.9 Å². The average molecular weight is 273 g/mol. The number of benzene rings is 1. The number of hydrogen-bond donors (Lipinski definition) is 1. The lowest BCUT2D eigenvalue weighted by Crippen LogP contribution is -2.56. The number of fused-ring (bicyclic) bond motifs is 1. The largest absolute Gasteiger partial charge is 0.336 e. The molecule has 108 valence electrons. The highest BCUT2D eigenvalue weighted by atomic mass is 16.2. The van der Waals surface area contributed by atoms with Crippen molar-refractivity contribution in [1.29, 1.82) is 0 Å². The van der Waals surface area contributed by atoms with Gasteiger partial charge in [0.05, 0.1) is 0 Å². The number of carbonyl (C=O) groups is 1. The van der Waals surface area contributed by atoms with Gasteiger partial charge in [-0.25, -0.2) is 0 Å². The molecule has 2 N–H and O–H groups in total. The summed E-state index contributed by atoms with van der Waals surface area (Å²) in [4.78, 5) is 17.2. The molecule has 3 rings (SSSR count). The van der Waals surface area contributed by atoms with Crippen LogP contribution in [-0.2, 0) is 6.54 Å². The highest BCUT2D eigenvalue weighted by Gasteiger charge is 2.31. The lowest BCUT2D eigenvalue weighted by Gasteiger charge is -2.44. The molecule has 2 aliphatic heterocycles. The first-order valence-corrected chi connectivity index (χ1v) is 7.60. The lowest BCUT2D eigenvalue weighted by atomic mass is 9.99. The van der Waals surface area contributed by atoms with Crippen molar-refractivity contribution in [1.82, 2.24) is 9.80 Å². The molecule has 0 saturated carbocycles. The number of nitrogens with two attached hydrogens (primary N) is 1. The summed E-state index contributed by atoms with van der Waals surface area (Å²) in [6.07, 6.45) is 3.83. The van der Waals surface area contributed by atoms with Gasteiger partial charge in [0.25, 0.3) is 5.91 Å². The molecule has 2 heterocycles. The van der Waals surface area contributed by atoms with Gasteiger partial charge in [-0.3, -0.25) is 9.69 Å². The highest BCUT2D eigenvalue weighted by Crippen LogP contribution is 2.22. The van der Waals surface area contributed by atoms with Crippen LogP contribution in [0.4, 0.5) is 0 Å². The molecule has 1 aromatic rings. The monoisotopic (exact) mass is 273 g/mol. The fourth-order valence-corrected chi connectivity index (χ4v) is 3.35. The van der Waals surface area contributed by atoms with E-state index in [2.05, 4.69) is 4.90 Å². The van der Waals surface area contributed by atoms with Crippen LogP contribution < -0.4 is 5.73 Å². The van der Waals surface area contributed by atoms with Gasteiger partial charge in [0, 0.05) is 37.8 Å². The molecular weight excluding hydrogens is 250 g/mol. The molecule has 0 radical (unpaired) electrons. The molecule has 4 heteroatoms. The van der Waals surface area contributed by atoms with Crippen molar-refractivity contribution in [2.75, 3.05) is 26.2 Å². The average Bonchev–Trinajstić information content (AvgIpc) is 2.53. The fourth-order valence-electron chi connectivity index (χ4n) is 3.35. The first-order valence-electron chi connectivity index (χ1n) is 7.60. The van der Waals surface area contributed by atoms with Gasteiger partial charge in [-0.1, -0.05) is 18.6 Å². The van der Waals surface area contributed by atoms with Crippen LogP contribution in [0.5, 0.6) is 0 Å². The third-order valence-corrected chi connectivity index (χ3v) is 4.53. The van der Waals surface area contributed by atoms with Gasteiger partial charge in [-0.2, -0.15) is 0 Å². The SMILES string of the molecule is NCc1cccc(C(=O)N2CCN3CCCCC3C2)c1. The van der Waals surface area contributed by atoms with E-state index in [0.717, 1.165) is 30.8 Å². The summed E-state index contributed by atoms with van der Waals surface area (Å²) >= 11 is 0. The minimum Gasteiger partial charge on any atom is -0.336 e. The third-order valence-electron chi connectivity index (χ3n) is 4.53. The van der Waals surface area contributed by atoms with Gasteiger partial charge in [0.1, 0.15) is 0 Å². The van der Waals surface area contributed by atoms with Gasteiger partial charge in [0.15, 0.2) is 0 Å². The third kappa shape index (κ3) is 2.72. The van der Waals surface area contributed by atoms with E-state index in [-0.39, 0.29) is 5.91 Å². The molecule has 1 aromatic carbocycles. The van der Waals surface area contributed by atoms with Crippen LogP contribution in [0.3, 0.4) is 0 Å². The van der Waals surface area contributed by atoms with E-state index in [0.29, 0.717) is 12.6 Å². The smallest absolute Gasteiger partial charge is 0.253 e. The number of nitrogens with zero attached hydrogens (tertiary/aromatic N) is 2. The minimum atomic E-state index is 0.158. The summed E-state index contributed by atoms with van der Waals surface area (Å²) in [6, 6.07) is 8.28. The number of hydrogen-bond acceptors (Lipinski definition) is 3. The maximum Gasteiger partial charge on any atom is 0.253 e. The lowest BCUT2D eigenvalue weighted by molar-refractivity contribution is 0.0372. The van der Waals surface area contributed by atoms with E-state index in [4.69, 9.17) is 5.73 Å². The number of piperidine rings is 1. The van der Waals surface area contributed by atoms with Crippen molar-refractivity contribution in [2.45, 2.75) is 31.8 Å². The summed E-state index contributed by atoms with van der Waals surface area (Å²) in [5.74, 6) is 0.158. The zero-order valence-corrected chi connectivity index (χ0v) is 11.9. The Labute approximate surface area is 120 Å². The van der Waals surface area contributed by atoms with Gasteiger partial charge < -0.3 is 10.6 Å². The number of rotatable bonds is 2. The molecule has 1 unspecified atom stereocenters. The summed E-state index contributed by atoms with van der Waals surface area (Å²) < 4.78 is 0. The van der Waals surface area contributed by atoms with Gasteiger partial charge >= 0.3 is 0 Å². The Balaban J connectivity index is 1.70. The second kappa shape index (κ2) is 5.94. The summed E-state index contributed by atoms with van der Waals surface area (Å²) in [7, 11) is 0. The molecule has 0 bridgehead atoms. The van der Waals surface area contributed by atoms with Crippen LogP contribution in [0.15, 0.2) is 24.3 Å². The van der Waals surface area contributed by atoms with E-state index in [1.54, 1.807) is 0 Å². The summed E-state index contributed by atoms with van der Waals surface area (Å²) in [6.45, 7) is 4.44. The van der Waals surface area contributed by atoms with Crippen molar-refractivity contribution in [3.05, 3.63) is 35.4 Å². The molecule has 1 atom stereocenters. The van der Waals surface area contributed by atoms with E-state index in [1.807, 2.05) is 29.2 Å². The Morgan fingerprint density at radius 1 is 1.25 bits per heavy atom. The number of carbonyl (C=O) groups excluding carboxylic acids is 1. The highest BCUT2D eigenvalue weighted by molar-refractivity contribution is 5.94. The molecule has 1 amide bonds. The maximum atomic E-state index is 12.6. The van der Waals surface area contributed by atoms with Crippen molar-refractivity contribution in [2.24, 2.45) is 5.73 Å². The first kappa shape index (κ1) is 13.6. The Morgan fingerprint density at radius 2 is 2.15 bits per heavy atom. The Morgan fingerprint density at radius 3 is 3.00 bits per heavy atom. The van der Waals surface area contributed by atoms with Gasteiger partial charge in [-0.15, -0.1) is 0 Å². The Kier molecular flexibility index (Phi) is 4.03. The molecule has 0 spiro atoms. The van der Waals surface area contributed by atoms with E-state index < -0.39 is 0 Å². The van der Waals surface area contributed by atoms with Gasteiger partial charge in [0.2, 0.25) is 0 Å². The maximum absolute atomic E-state index is 12.6. The minimum absolute atomic E-state index is 0.158. The molecule has 0 aliphatic carbocycles. The van der Waals surface area contributed by atoms with Crippen molar-refractivity contribution < 1.29 is 4.79 Å². The first-order chi connectivity index (χ1) is 9.78. The number of piperazine rings is 1. The van der Waals surface area contributed by atoms with Crippen LogP contribution >= 0.6 is 0 Å². The molecule has 2 fully saturated rings.